The number of ketones is 1. The van der Waals surface area contributed by atoms with Crippen LogP contribution in [0.3, 0.4) is 0 Å². The maximum atomic E-state index is 13.0. The molecule has 2 aromatic heterocycles. The highest BCUT2D eigenvalue weighted by atomic mass is 19.1. The molecule has 2 aromatic carbocycles. The molecule has 0 radical (unpaired) electrons. The summed E-state index contributed by atoms with van der Waals surface area (Å²) in [6.45, 7) is 1.84. The molecule has 0 unspecified atom stereocenters. The summed E-state index contributed by atoms with van der Waals surface area (Å²) in [5.74, 6) is -0.551. The first-order chi connectivity index (χ1) is 17.4. The second-order valence-corrected chi connectivity index (χ2v) is 7.94. The van der Waals surface area contributed by atoms with Gasteiger partial charge < -0.3 is 15.1 Å². The highest BCUT2D eigenvalue weighted by Crippen LogP contribution is 2.29. The standard InChI is InChI=1S/C27H23FN4O4/c1-17-23(16-30-25(34)14-13-24(33)18-9-11-19(28)12-10-18)32-27(36-17)20-6-2-3-7-21(20)31-26(35)22-8-4-5-15-29-22/h2-12,15H,13-14,16H2,1H3,(H,30,34)(H,31,35). The van der Waals surface area contributed by atoms with Gasteiger partial charge in [0.1, 0.15) is 23.0 Å². The molecule has 182 valence electrons. The average Bonchev–Trinajstić information content (AvgIpc) is 3.27. The van der Waals surface area contributed by atoms with Crippen molar-refractivity contribution in [1.29, 1.82) is 0 Å². The van der Waals surface area contributed by atoms with Crippen molar-refractivity contribution in [2.45, 2.75) is 26.3 Å². The number of rotatable bonds is 9. The second kappa shape index (κ2) is 11.2. The van der Waals surface area contributed by atoms with E-state index in [0.717, 1.165) is 0 Å². The van der Waals surface area contributed by atoms with Crippen molar-refractivity contribution in [1.82, 2.24) is 15.3 Å². The number of amides is 2. The lowest BCUT2D eigenvalue weighted by molar-refractivity contribution is -0.121. The Morgan fingerprint density at radius 3 is 2.44 bits per heavy atom. The lowest BCUT2D eigenvalue weighted by atomic mass is 10.1. The van der Waals surface area contributed by atoms with Crippen molar-refractivity contribution >= 4 is 23.3 Å². The molecule has 2 amide bonds. The van der Waals surface area contributed by atoms with Crippen LogP contribution in [0.15, 0.2) is 77.3 Å². The van der Waals surface area contributed by atoms with E-state index in [1.807, 2.05) is 0 Å². The zero-order chi connectivity index (χ0) is 25.5. The second-order valence-electron chi connectivity index (χ2n) is 7.94. The summed E-state index contributed by atoms with van der Waals surface area (Å²) in [6, 6.07) is 17.3. The number of para-hydroxylation sites is 1. The predicted octanol–water partition coefficient (Wildman–Crippen LogP) is 4.72. The zero-order valence-corrected chi connectivity index (χ0v) is 19.5. The molecule has 0 aliphatic rings. The quantitative estimate of drug-likeness (QED) is 0.331. The van der Waals surface area contributed by atoms with Gasteiger partial charge in [0, 0.05) is 24.6 Å². The number of pyridine rings is 1. The molecule has 0 aliphatic carbocycles. The monoisotopic (exact) mass is 486 g/mol. The lowest BCUT2D eigenvalue weighted by Crippen LogP contribution is -2.23. The number of carbonyl (C=O) groups is 3. The fraction of sp³-hybridized carbons (Fsp3) is 0.148. The van der Waals surface area contributed by atoms with Gasteiger partial charge in [-0.25, -0.2) is 9.37 Å². The number of nitrogens with zero attached hydrogens (tertiary/aromatic N) is 2. The van der Waals surface area contributed by atoms with Crippen molar-refractivity contribution in [3.63, 3.8) is 0 Å². The molecular weight excluding hydrogens is 463 g/mol. The number of halogens is 1. The van der Waals surface area contributed by atoms with E-state index in [9.17, 15) is 18.8 Å². The minimum absolute atomic E-state index is 0.00383. The molecule has 4 aromatic rings. The Morgan fingerprint density at radius 1 is 0.944 bits per heavy atom. The maximum Gasteiger partial charge on any atom is 0.274 e. The van der Waals surface area contributed by atoms with Crippen molar-refractivity contribution in [2.24, 2.45) is 0 Å². The number of nitrogens with one attached hydrogen (secondary N) is 2. The van der Waals surface area contributed by atoms with Gasteiger partial charge in [-0.1, -0.05) is 18.2 Å². The number of carbonyl (C=O) groups excluding carboxylic acids is 3. The third-order valence-electron chi connectivity index (χ3n) is 5.39. The third-order valence-corrected chi connectivity index (χ3v) is 5.39. The molecule has 0 aliphatic heterocycles. The molecule has 0 spiro atoms. The number of oxazole rings is 1. The van der Waals surface area contributed by atoms with E-state index in [2.05, 4.69) is 20.6 Å². The molecule has 0 fully saturated rings. The normalized spacial score (nSPS) is 10.6. The SMILES string of the molecule is Cc1oc(-c2ccccc2NC(=O)c2ccccn2)nc1CNC(=O)CCC(=O)c1ccc(F)cc1. The van der Waals surface area contributed by atoms with E-state index in [1.165, 1.54) is 30.5 Å². The Labute approximate surface area is 206 Å². The third kappa shape index (κ3) is 6.06. The first-order valence-corrected chi connectivity index (χ1v) is 11.2. The van der Waals surface area contributed by atoms with E-state index >= 15 is 0 Å². The summed E-state index contributed by atoms with van der Waals surface area (Å²) >= 11 is 0. The van der Waals surface area contributed by atoms with Gasteiger partial charge in [0.2, 0.25) is 11.8 Å². The number of Topliss-reactive ketones (excluding diaryl/α,β-unsaturated/α-hetero) is 1. The highest BCUT2D eigenvalue weighted by molar-refractivity contribution is 6.04. The number of benzene rings is 2. The smallest absolute Gasteiger partial charge is 0.274 e. The highest BCUT2D eigenvalue weighted by Gasteiger charge is 2.17. The van der Waals surface area contributed by atoms with Crippen molar-refractivity contribution in [2.75, 3.05) is 5.32 Å². The van der Waals surface area contributed by atoms with Crippen molar-refractivity contribution in [3.8, 4) is 11.5 Å². The Hall–Kier alpha value is -4.66. The first kappa shape index (κ1) is 24.5. The van der Waals surface area contributed by atoms with Gasteiger partial charge in [-0.2, -0.15) is 0 Å². The largest absolute Gasteiger partial charge is 0.441 e. The Balaban J connectivity index is 1.37. The van der Waals surface area contributed by atoms with E-state index < -0.39 is 5.82 Å². The molecule has 8 nitrogen and oxygen atoms in total. The topological polar surface area (TPSA) is 114 Å². The molecule has 9 heteroatoms. The Kier molecular flexibility index (Phi) is 7.60. The van der Waals surface area contributed by atoms with Gasteiger partial charge in [0.15, 0.2) is 5.78 Å². The minimum atomic E-state index is -0.426. The summed E-state index contributed by atoms with van der Waals surface area (Å²) < 4.78 is 18.8. The molecular formula is C27H23FN4O4. The van der Waals surface area contributed by atoms with Gasteiger partial charge >= 0.3 is 0 Å². The van der Waals surface area contributed by atoms with Crippen LogP contribution >= 0.6 is 0 Å². The van der Waals surface area contributed by atoms with Gasteiger partial charge in [0.05, 0.1) is 17.8 Å². The van der Waals surface area contributed by atoms with E-state index in [-0.39, 0.29) is 42.7 Å². The van der Waals surface area contributed by atoms with Gasteiger partial charge in [-0.3, -0.25) is 19.4 Å². The molecule has 4 rings (SSSR count). The van der Waals surface area contributed by atoms with Crippen LogP contribution in [0.5, 0.6) is 0 Å². The van der Waals surface area contributed by atoms with E-state index in [0.29, 0.717) is 34.2 Å². The zero-order valence-electron chi connectivity index (χ0n) is 19.5. The minimum Gasteiger partial charge on any atom is -0.441 e. The van der Waals surface area contributed by atoms with Crippen LogP contribution in [0.2, 0.25) is 0 Å². The van der Waals surface area contributed by atoms with Crippen molar-refractivity contribution < 1.29 is 23.2 Å². The van der Waals surface area contributed by atoms with Crippen LogP contribution in [0.25, 0.3) is 11.5 Å². The molecule has 0 atom stereocenters. The molecule has 2 heterocycles. The summed E-state index contributed by atoms with van der Waals surface area (Å²) in [5, 5.41) is 5.56. The van der Waals surface area contributed by atoms with Crippen LogP contribution in [-0.4, -0.2) is 27.6 Å². The summed E-state index contributed by atoms with van der Waals surface area (Å²) in [4.78, 5) is 45.6. The molecule has 0 saturated heterocycles. The van der Waals surface area contributed by atoms with Crippen molar-refractivity contribution in [3.05, 3.63) is 101 Å². The Bertz CT molecular complexity index is 1380. The molecule has 36 heavy (non-hydrogen) atoms. The predicted molar refractivity (Wildman–Crippen MR) is 131 cm³/mol. The van der Waals surface area contributed by atoms with Crippen LogP contribution in [-0.2, 0) is 11.3 Å². The van der Waals surface area contributed by atoms with E-state index in [1.54, 1.807) is 49.4 Å². The van der Waals surface area contributed by atoms with Gasteiger partial charge in [-0.15, -0.1) is 0 Å². The summed E-state index contributed by atoms with van der Waals surface area (Å²) in [5.41, 5.74) is 2.23. The number of aromatic nitrogens is 2. The Morgan fingerprint density at radius 2 is 1.69 bits per heavy atom. The average molecular weight is 487 g/mol. The van der Waals surface area contributed by atoms with Gasteiger partial charge in [0.25, 0.3) is 5.91 Å². The summed E-state index contributed by atoms with van der Waals surface area (Å²) in [7, 11) is 0. The van der Waals surface area contributed by atoms with Crippen LogP contribution in [0.1, 0.15) is 45.1 Å². The fourth-order valence-corrected chi connectivity index (χ4v) is 3.45. The number of aryl methyl sites for hydroxylation is 1. The summed E-state index contributed by atoms with van der Waals surface area (Å²) in [6.07, 6.45) is 1.53. The first-order valence-electron chi connectivity index (χ1n) is 11.2. The van der Waals surface area contributed by atoms with Crippen LogP contribution in [0, 0.1) is 12.7 Å². The van der Waals surface area contributed by atoms with Crippen LogP contribution < -0.4 is 10.6 Å². The maximum absolute atomic E-state index is 13.0. The van der Waals surface area contributed by atoms with Gasteiger partial charge in [-0.05, 0) is 55.5 Å². The molecule has 2 N–H and O–H groups in total. The number of hydrogen-bond acceptors (Lipinski definition) is 6. The number of hydrogen-bond donors (Lipinski definition) is 2. The lowest BCUT2D eigenvalue weighted by Gasteiger charge is -2.08. The molecule has 0 bridgehead atoms. The fourth-order valence-electron chi connectivity index (χ4n) is 3.45. The van der Waals surface area contributed by atoms with Crippen LogP contribution in [0.4, 0.5) is 10.1 Å². The number of anilines is 1. The molecule has 0 saturated carbocycles. The van der Waals surface area contributed by atoms with E-state index in [4.69, 9.17) is 4.42 Å².